The molecule has 2 aliphatic rings. The van der Waals surface area contributed by atoms with Gasteiger partial charge in [-0.3, -0.25) is 0 Å². The molecule has 5 atom stereocenters. The van der Waals surface area contributed by atoms with Crippen molar-refractivity contribution < 1.29 is 33.6 Å². The molecular weight excluding hydrogens is 412 g/mol. The minimum Gasteiger partial charge on any atom is -0.493 e. The van der Waals surface area contributed by atoms with E-state index >= 15 is 0 Å². The normalized spacial score (nSPS) is 30.1. The van der Waals surface area contributed by atoms with Crippen LogP contribution < -0.4 is 14.2 Å². The number of esters is 1. The highest BCUT2D eigenvalue weighted by Crippen LogP contribution is 2.47. The maximum atomic E-state index is 13.2. The molecule has 32 heavy (non-hydrogen) atoms. The SMILES string of the molecule is COc1cc(C(=O)O[C@@H]2CC(C)=CCC[C@]3(C)O[C@H]3[C@H](O)[C@@H]2C(C)C)cc(OC)c1OC. The average Bonchev–Trinajstić information content (AvgIpc) is 3.43. The molecule has 0 unspecified atom stereocenters. The number of rotatable bonds is 6. The molecule has 178 valence electrons. The molecule has 0 radical (unpaired) electrons. The summed E-state index contributed by atoms with van der Waals surface area (Å²) in [5.41, 5.74) is 1.10. The topological polar surface area (TPSA) is 86.8 Å². The van der Waals surface area contributed by atoms with Crippen molar-refractivity contribution in [1.29, 1.82) is 0 Å². The van der Waals surface area contributed by atoms with Crippen molar-refractivity contribution in [2.45, 2.75) is 70.9 Å². The Morgan fingerprint density at radius 2 is 1.78 bits per heavy atom. The number of fused-ring (bicyclic) bond motifs is 1. The lowest BCUT2D eigenvalue weighted by Crippen LogP contribution is -2.43. The van der Waals surface area contributed by atoms with Gasteiger partial charge in [-0.15, -0.1) is 0 Å². The first-order valence-corrected chi connectivity index (χ1v) is 11.2. The van der Waals surface area contributed by atoms with Crippen LogP contribution in [0.2, 0.25) is 0 Å². The van der Waals surface area contributed by atoms with Crippen molar-refractivity contribution in [2.75, 3.05) is 21.3 Å². The van der Waals surface area contributed by atoms with Gasteiger partial charge < -0.3 is 28.8 Å². The summed E-state index contributed by atoms with van der Waals surface area (Å²) in [5.74, 6) is 0.477. The minimum absolute atomic E-state index is 0.0865. The van der Waals surface area contributed by atoms with Gasteiger partial charge in [0.25, 0.3) is 0 Å². The summed E-state index contributed by atoms with van der Waals surface area (Å²) in [6.45, 7) is 8.16. The Labute approximate surface area is 190 Å². The summed E-state index contributed by atoms with van der Waals surface area (Å²) in [7, 11) is 4.51. The van der Waals surface area contributed by atoms with E-state index in [-0.39, 0.29) is 23.5 Å². The zero-order chi connectivity index (χ0) is 23.6. The maximum absolute atomic E-state index is 13.2. The zero-order valence-electron chi connectivity index (χ0n) is 20.1. The Hall–Kier alpha value is -2.25. The molecule has 1 aliphatic carbocycles. The van der Waals surface area contributed by atoms with Crippen molar-refractivity contribution in [1.82, 2.24) is 0 Å². The molecule has 1 fully saturated rings. The number of carbonyl (C=O) groups is 1. The van der Waals surface area contributed by atoms with E-state index in [1.165, 1.54) is 21.3 Å². The molecule has 1 aromatic rings. The number of allylic oxidation sites excluding steroid dienone is 1. The molecule has 1 aromatic carbocycles. The summed E-state index contributed by atoms with van der Waals surface area (Å²) in [6, 6.07) is 3.16. The number of hydrogen-bond acceptors (Lipinski definition) is 7. The summed E-state index contributed by atoms with van der Waals surface area (Å²) in [5, 5.41) is 11.2. The molecule has 7 heteroatoms. The van der Waals surface area contributed by atoms with Crippen LogP contribution in [-0.2, 0) is 9.47 Å². The van der Waals surface area contributed by atoms with E-state index in [1.54, 1.807) is 12.1 Å². The third-order valence-electron chi connectivity index (χ3n) is 6.66. The van der Waals surface area contributed by atoms with Crippen molar-refractivity contribution >= 4 is 5.97 Å². The average molecular weight is 449 g/mol. The number of aliphatic hydroxyl groups is 1. The number of hydrogen-bond donors (Lipinski definition) is 1. The lowest BCUT2D eigenvalue weighted by molar-refractivity contribution is -0.0419. The molecule has 7 nitrogen and oxygen atoms in total. The molecule has 1 aliphatic heterocycles. The fourth-order valence-corrected chi connectivity index (χ4v) is 4.80. The highest BCUT2D eigenvalue weighted by atomic mass is 16.6. The zero-order valence-corrected chi connectivity index (χ0v) is 20.1. The van der Waals surface area contributed by atoms with E-state index in [2.05, 4.69) is 6.08 Å². The largest absolute Gasteiger partial charge is 0.493 e. The van der Waals surface area contributed by atoms with Crippen LogP contribution in [0.1, 0.15) is 57.3 Å². The third kappa shape index (κ3) is 4.89. The predicted molar refractivity (Wildman–Crippen MR) is 121 cm³/mol. The minimum atomic E-state index is -0.719. The van der Waals surface area contributed by atoms with Crippen LogP contribution in [0.25, 0.3) is 0 Å². The van der Waals surface area contributed by atoms with Crippen LogP contribution in [0.4, 0.5) is 0 Å². The van der Waals surface area contributed by atoms with Gasteiger partial charge in [-0.2, -0.15) is 0 Å². The van der Waals surface area contributed by atoms with Crippen LogP contribution in [0.15, 0.2) is 23.8 Å². The monoisotopic (exact) mass is 448 g/mol. The quantitative estimate of drug-likeness (QED) is 0.397. The van der Waals surface area contributed by atoms with Crippen molar-refractivity contribution in [2.24, 2.45) is 11.8 Å². The first kappa shape index (κ1) is 24.4. The molecule has 0 saturated carbocycles. The van der Waals surface area contributed by atoms with Gasteiger partial charge in [-0.25, -0.2) is 4.79 Å². The van der Waals surface area contributed by atoms with Crippen LogP contribution in [0.5, 0.6) is 17.2 Å². The molecule has 0 aromatic heterocycles. The fraction of sp³-hybridized carbons (Fsp3) is 0.640. The van der Waals surface area contributed by atoms with Crippen LogP contribution in [0, 0.1) is 11.8 Å². The Balaban J connectivity index is 1.93. The lowest BCUT2D eigenvalue weighted by atomic mass is 9.78. The second kappa shape index (κ2) is 9.71. The second-order valence-corrected chi connectivity index (χ2v) is 9.31. The number of epoxide rings is 1. The summed E-state index contributed by atoms with van der Waals surface area (Å²) in [4.78, 5) is 13.2. The Morgan fingerprint density at radius 1 is 1.16 bits per heavy atom. The Morgan fingerprint density at radius 3 is 2.31 bits per heavy atom. The van der Waals surface area contributed by atoms with Gasteiger partial charge in [0.1, 0.15) is 12.2 Å². The Kier molecular flexibility index (Phi) is 7.40. The number of ether oxygens (including phenoxy) is 5. The lowest BCUT2D eigenvalue weighted by Gasteiger charge is -2.34. The maximum Gasteiger partial charge on any atom is 0.338 e. The van der Waals surface area contributed by atoms with Gasteiger partial charge in [0, 0.05) is 12.3 Å². The Bertz CT molecular complexity index is 837. The number of benzene rings is 1. The summed E-state index contributed by atoms with van der Waals surface area (Å²) in [6.07, 6.45) is 3.00. The molecular formula is C25H36O7. The molecule has 1 N–H and O–H groups in total. The summed E-state index contributed by atoms with van der Waals surface area (Å²) >= 11 is 0. The second-order valence-electron chi connectivity index (χ2n) is 9.31. The van der Waals surface area contributed by atoms with Gasteiger partial charge in [-0.1, -0.05) is 25.5 Å². The van der Waals surface area contributed by atoms with Crippen LogP contribution in [-0.4, -0.2) is 56.3 Å². The highest BCUT2D eigenvalue weighted by molar-refractivity contribution is 5.91. The first-order valence-electron chi connectivity index (χ1n) is 11.2. The molecule has 0 amide bonds. The highest BCUT2D eigenvalue weighted by Gasteiger charge is 2.58. The van der Waals surface area contributed by atoms with E-state index in [9.17, 15) is 9.90 Å². The smallest absolute Gasteiger partial charge is 0.338 e. The molecule has 0 spiro atoms. The number of aliphatic hydroxyl groups excluding tert-OH is 1. The standard InChI is InChI=1S/C25H36O7/c1-14(2)20-17(11-15(3)9-8-10-25(4)23(32-25)21(20)26)31-24(27)16-12-18(28-5)22(30-7)19(13-16)29-6/h9,12-14,17,20-21,23,26H,8,10-11H2,1-7H3/t17-,20-,21-,23+,25+/m1/s1. The fourth-order valence-electron chi connectivity index (χ4n) is 4.80. The van der Waals surface area contributed by atoms with E-state index < -0.39 is 18.2 Å². The van der Waals surface area contributed by atoms with Gasteiger partial charge in [0.15, 0.2) is 11.5 Å². The van der Waals surface area contributed by atoms with Crippen LogP contribution >= 0.6 is 0 Å². The van der Waals surface area contributed by atoms with Crippen molar-refractivity contribution in [3.05, 3.63) is 29.3 Å². The van der Waals surface area contributed by atoms with Gasteiger partial charge in [0.2, 0.25) is 5.75 Å². The van der Waals surface area contributed by atoms with Crippen LogP contribution in [0.3, 0.4) is 0 Å². The van der Waals surface area contributed by atoms with E-state index in [4.69, 9.17) is 23.7 Å². The van der Waals surface area contributed by atoms with E-state index in [0.717, 1.165) is 18.4 Å². The first-order chi connectivity index (χ1) is 15.1. The molecule has 0 bridgehead atoms. The van der Waals surface area contributed by atoms with E-state index in [0.29, 0.717) is 29.2 Å². The van der Waals surface area contributed by atoms with Crippen molar-refractivity contribution in [3.8, 4) is 17.2 Å². The van der Waals surface area contributed by atoms with Gasteiger partial charge in [-0.05, 0) is 44.7 Å². The molecule has 1 saturated heterocycles. The summed E-state index contributed by atoms with van der Waals surface area (Å²) < 4.78 is 28.1. The van der Waals surface area contributed by atoms with Gasteiger partial charge >= 0.3 is 5.97 Å². The molecule has 3 rings (SSSR count). The number of methoxy groups -OCH3 is 3. The predicted octanol–water partition coefficient (Wildman–Crippen LogP) is 4.16. The third-order valence-corrected chi connectivity index (χ3v) is 6.66. The van der Waals surface area contributed by atoms with Crippen molar-refractivity contribution in [3.63, 3.8) is 0 Å². The van der Waals surface area contributed by atoms with E-state index in [1.807, 2.05) is 27.7 Å². The molecule has 1 heterocycles. The van der Waals surface area contributed by atoms with Gasteiger partial charge in [0.05, 0.1) is 38.6 Å². The number of carbonyl (C=O) groups excluding carboxylic acids is 1.